The standard InChI is InChI=1S/C8H18ClO4P/c1-2-3-4-11-5-6-12-7-8-13-14(9)10/h10H,2-8H2,1H3. The molecule has 0 spiro atoms. The lowest BCUT2D eigenvalue weighted by Crippen LogP contribution is -2.08. The molecule has 6 heteroatoms. The van der Waals surface area contributed by atoms with Gasteiger partial charge in [-0.1, -0.05) is 13.3 Å². The van der Waals surface area contributed by atoms with Gasteiger partial charge in [-0.3, -0.25) is 0 Å². The van der Waals surface area contributed by atoms with E-state index < -0.39 is 7.73 Å². The zero-order valence-electron chi connectivity index (χ0n) is 8.45. The van der Waals surface area contributed by atoms with Crippen LogP contribution in [0.25, 0.3) is 0 Å². The normalized spacial score (nSPS) is 13.1. The molecule has 0 saturated carbocycles. The van der Waals surface area contributed by atoms with Crippen LogP contribution < -0.4 is 0 Å². The molecule has 0 aromatic rings. The number of hydrogen-bond donors (Lipinski definition) is 1. The molecule has 86 valence electrons. The Morgan fingerprint density at radius 2 is 1.64 bits per heavy atom. The van der Waals surface area contributed by atoms with E-state index >= 15 is 0 Å². The second kappa shape index (κ2) is 11.6. The van der Waals surface area contributed by atoms with Gasteiger partial charge >= 0.3 is 0 Å². The van der Waals surface area contributed by atoms with E-state index in [-0.39, 0.29) is 0 Å². The van der Waals surface area contributed by atoms with Crippen molar-refractivity contribution < 1.29 is 18.9 Å². The monoisotopic (exact) mass is 244 g/mol. The third-order valence-corrected chi connectivity index (χ3v) is 2.13. The van der Waals surface area contributed by atoms with Gasteiger partial charge < -0.3 is 18.9 Å². The Kier molecular flexibility index (Phi) is 12.1. The zero-order valence-corrected chi connectivity index (χ0v) is 10.1. The first-order valence-electron chi connectivity index (χ1n) is 4.70. The van der Waals surface area contributed by atoms with Gasteiger partial charge in [0.05, 0.1) is 26.4 Å². The highest BCUT2D eigenvalue weighted by molar-refractivity contribution is 7.75. The maximum Gasteiger partial charge on any atom is 0.274 e. The van der Waals surface area contributed by atoms with Gasteiger partial charge in [0.15, 0.2) is 0 Å². The second-order valence-electron chi connectivity index (χ2n) is 2.64. The lowest BCUT2D eigenvalue weighted by Gasteiger charge is -2.06. The summed E-state index contributed by atoms with van der Waals surface area (Å²) in [6.07, 6.45) is 2.23. The molecule has 0 bridgehead atoms. The van der Waals surface area contributed by atoms with Gasteiger partial charge in [-0.25, -0.2) is 0 Å². The van der Waals surface area contributed by atoms with Crippen LogP contribution in [0.3, 0.4) is 0 Å². The van der Waals surface area contributed by atoms with E-state index in [1.165, 1.54) is 0 Å². The Balaban J connectivity index is 2.85. The molecule has 4 nitrogen and oxygen atoms in total. The third kappa shape index (κ3) is 12.6. The van der Waals surface area contributed by atoms with Crippen LogP contribution in [0, 0.1) is 0 Å². The fourth-order valence-corrected chi connectivity index (χ4v) is 1.17. The minimum absolute atomic E-state index is 0.320. The molecule has 14 heavy (non-hydrogen) atoms. The molecule has 0 aromatic carbocycles. The van der Waals surface area contributed by atoms with Gasteiger partial charge in [-0.15, -0.1) is 0 Å². The molecular formula is C8H18ClO4P. The van der Waals surface area contributed by atoms with Crippen LogP contribution in [0.2, 0.25) is 0 Å². The van der Waals surface area contributed by atoms with Crippen molar-refractivity contribution in [1.82, 2.24) is 0 Å². The van der Waals surface area contributed by atoms with E-state index in [0.717, 1.165) is 19.4 Å². The van der Waals surface area contributed by atoms with Gasteiger partial charge in [0.1, 0.15) is 0 Å². The van der Waals surface area contributed by atoms with Crippen LogP contribution in [-0.4, -0.2) is 37.9 Å². The topological polar surface area (TPSA) is 47.9 Å². The Morgan fingerprint density at radius 3 is 2.21 bits per heavy atom. The number of halogens is 1. The minimum Gasteiger partial charge on any atom is -0.379 e. The van der Waals surface area contributed by atoms with E-state index in [1.54, 1.807) is 0 Å². The van der Waals surface area contributed by atoms with Crippen LogP contribution in [0.15, 0.2) is 0 Å². The predicted molar refractivity (Wildman–Crippen MR) is 57.5 cm³/mol. The molecule has 0 fully saturated rings. The van der Waals surface area contributed by atoms with E-state index in [1.807, 2.05) is 0 Å². The first-order chi connectivity index (χ1) is 6.77. The molecular weight excluding hydrogens is 227 g/mol. The number of hydrogen-bond acceptors (Lipinski definition) is 4. The quantitative estimate of drug-likeness (QED) is 0.473. The summed E-state index contributed by atoms with van der Waals surface area (Å²) in [5, 5.41) is 0. The average molecular weight is 245 g/mol. The molecule has 1 unspecified atom stereocenters. The average Bonchev–Trinajstić information content (AvgIpc) is 2.15. The van der Waals surface area contributed by atoms with Gasteiger partial charge in [-0.05, 0) is 17.7 Å². The molecule has 0 rings (SSSR count). The lowest BCUT2D eigenvalue weighted by atomic mass is 10.4. The molecule has 0 aliphatic rings. The SMILES string of the molecule is CCCCOCCOCCOP(O)Cl. The molecule has 1 atom stereocenters. The maximum absolute atomic E-state index is 8.58. The van der Waals surface area contributed by atoms with Crippen molar-refractivity contribution in [3.8, 4) is 0 Å². The van der Waals surface area contributed by atoms with E-state index in [0.29, 0.717) is 26.4 Å². The smallest absolute Gasteiger partial charge is 0.274 e. The fourth-order valence-electron chi connectivity index (χ4n) is 0.740. The predicted octanol–water partition coefficient (Wildman–Crippen LogP) is 2.29. The highest BCUT2D eigenvalue weighted by Crippen LogP contribution is 2.36. The first-order valence-corrected chi connectivity index (χ1v) is 6.82. The van der Waals surface area contributed by atoms with Crippen molar-refractivity contribution in [2.75, 3.05) is 33.0 Å². The molecule has 0 aliphatic heterocycles. The summed E-state index contributed by atoms with van der Waals surface area (Å²) in [6.45, 7) is 4.83. The molecule has 0 heterocycles. The van der Waals surface area contributed by atoms with E-state index in [4.69, 9.17) is 30.1 Å². The third-order valence-electron chi connectivity index (χ3n) is 1.44. The van der Waals surface area contributed by atoms with Gasteiger partial charge in [-0.2, -0.15) is 0 Å². The summed E-state index contributed by atoms with van der Waals surface area (Å²) >= 11 is 5.19. The van der Waals surface area contributed by atoms with Crippen molar-refractivity contribution in [1.29, 1.82) is 0 Å². The van der Waals surface area contributed by atoms with Crippen molar-refractivity contribution in [3.63, 3.8) is 0 Å². The van der Waals surface area contributed by atoms with Crippen molar-refractivity contribution >= 4 is 19.0 Å². The molecule has 0 radical (unpaired) electrons. The highest BCUT2D eigenvalue weighted by atomic mass is 35.7. The van der Waals surface area contributed by atoms with E-state index in [9.17, 15) is 0 Å². The van der Waals surface area contributed by atoms with Crippen molar-refractivity contribution in [3.05, 3.63) is 0 Å². The van der Waals surface area contributed by atoms with Crippen molar-refractivity contribution in [2.45, 2.75) is 19.8 Å². The number of unbranched alkanes of at least 4 members (excludes halogenated alkanes) is 1. The van der Waals surface area contributed by atoms with Crippen LogP contribution in [0.5, 0.6) is 0 Å². The molecule has 0 aromatic heterocycles. The second-order valence-corrected chi connectivity index (χ2v) is 4.22. The molecule has 0 aliphatic carbocycles. The van der Waals surface area contributed by atoms with Crippen LogP contribution >= 0.6 is 19.0 Å². The first kappa shape index (κ1) is 14.6. The fraction of sp³-hybridized carbons (Fsp3) is 1.00. The summed E-state index contributed by atoms with van der Waals surface area (Å²) in [4.78, 5) is 8.58. The maximum atomic E-state index is 8.58. The Hall–Kier alpha value is 0.560. The summed E-state index contributed by atoms with van der Waals surface area (Å²) in [6, 6.07) is 0. The Bertz CT molecular complexity index is 116. The zero-order chi connectivity index (χ0) is 10.6. The minimum atomic E-state index is -1.77. The molecule has 0 amide bonds. The van der Waals surface area contributed by atoms with Gasteiger partial charge in [0.2, 0.25) is 0 Å². The Labute approximate surface area is 91.2 Å². The Morgan fingerprint density at radius 1 is 1.07 bits per heavy atom. The largest absolute Gasteiger partial charge is 0.379 e. The van der Waals surface area contributed by atoms with Gasteiger partial charge in [0.25, 0.3) is 7.73 Å². The summed E-state index contributed by atoms with van der Waals surface area (Å²) in [5.74, 6) is 0. The summed E-state index contributed by atoms with van der Waals surface area (Å²) in [7, 11) is -1.77. The summed E-state index contributed by atoms with van der Waals surface area (Å²) in [5.41, 5.74) is 0. The lowest BCUT2D eigenvalue weighted by molar-refractivity contribution is 0.0362. The number of rotatable bonds is 10. The highest BCUT2D eigenvalue weighted by Gasteiger charge is 1.97. The van der Waals surface area contributed by atoms with Crippen LogP contribution in [0.1, 0.15) is 19.8 Å². The van der Waals surface area contributed by atoms with Crippen LogP contribution in [0.4, 0.5) is 0 Å². The van der Waals surface area contributed by atoms with Crippen molar-refractivity contribution in [2.24, 2.45) is 0 Å². The van der Waals surface area contributed by atoms with Crippen LogP contribution in [-0.2, 0) is 14.0 Å². The van der Waals surface area contributed by atoms with Gasteiger partial charge in [0, 0.05) is 6.61 Å². The molecule has 0 saturated heterocycles. The molecule has 1 N–H and O–H groups in total. The van der Waals surface area contributed by atoms with E-state index in [2.05, 4.69) is 6.92 Å². The number of ether oxygens (including phenoxy) is 2. The summed E-state index contributed by atoms with van der Waals surface area (Å²) < 4.78 is 15.1.